The smallest absolute Gasteiger partial charge is 0.264 e. The predicted octanol–water partition coefficient (Wildman–Crippen LogP) is 6.03. The first-order valence-electron chi connectivity index (χ1n) is 13.1. The van der Waals surface area contributed by atoms with Gasteiger partial charge >= 0.3 is 0 Å². The van der Waals surface area contributed by atoms with Gasteiger partial charge in [0.25, 0.3) is 10.0 Å². The number of ether oxygens (including phenoxy) is 1. The minimum Gasteiger partial charge on any atom is -0.494 e. The number of hydrogen-bond donors (Lipinski definition) is 1. The molecular weight excluding hydrogens is 630 g/mol. The fourth-order valence-electron chi connectivity index (χ4n) is 4.03. The molecule has 0 aliphatic carbocycles. The van der Waals surface area contributed by atoms with Crippen LogP contribution in [0.4, 0.5) is 5.69 Å². The minimum absolute atomic E-state index is 0.0160. The Labute approximate surface area is 255 Å². The molecule has 1 N–H and O–H groups in total. The molecule has 0 aliphatic heterocycles. The average molecular weight is 665 g/mol. The highest BCUT2D eigenvalue weighted by Gasteiger charge is 2.33. The second kappa shape index (κ2) is 13.7. The molecule has 0 radical (unpaired) electrons. The van der Waals surface area contributed by atoms with Crippen molar-refractivity contribution in [2.24, 2.45) is 0 Å². The third-order valence-corrected chi connectivity index (χ3v) is 8.58. The van der Waals surface area contributed by atoms with E-state index in [-0.39, 0.29) is 23.0 Å². The first-order valence-corrected chi connectivity index (χ1v) is 15.7. The van der Waals surface area contributed by atoms with Gasteiger partial charge in [-0.15, -0.1) is 0 Å². The summed E-state index contributed by atoms with van der Waals surface area (Å²) in [7, 11) is -4.18. The standard InChI is InChI=1S/C30H35BrClN3O5S/c1-6-40-26-14-12-25(13-15-26)35(41(38,39)27-16-10-23(31)11-17-27)20-28(36)34(19-22-8-7-9-24(32)18-22)21(2)29(37)33-30(3,4)5/h7-18,21H,6,19-20H2,1-5H3,(H,33,37)/t21-/m1/s1. The summed E-state index contributed by atoms with van der Waals surface area (Å²) in [5, 5.41) is 3.39. The Bertz CT molecular complexity index is 1460. The van der Waals surface area contributed by atoms with E-state index in [9.17, 15) is 18.0 Å². The van der Waals surface area contributed by atoms with E-state index in [1.807, 2.05) is 27.7 Å². The highest BCUT2D eigenvalue weighted by molar-refractivity contribution is 9.10. The average Bonchev–Trinajstić information content (AvgIpc) is 2.90. The van der Waals surface area contributed by atoms with Gasteiger partial charge in [0.05, 0.1) is 17.2 Å². The highest BCUT2D eigenvalue weighted by Crippen LogP contribution is 2.27. The summed E-state index contributed by atoms with van der Waals surface area (Å²) in [5.74, 6) is -0.356. The molecule has 3 aromatic carbocycles. The number of amides is 2. The molecule has 1 atom stereocenters. The van der Waals surface area contributed by atoms with Crippen LogP contribution in [0.15, 0.2) is 82.2 Å². The number of sulfonamides is 1. The van der Waals surface area contributed by atoms with Crippen LogP contribution in [0.25, 0.3) is 0 Å². The largest absolute Gasteiger partial charge is 0.494 e. The summed E-state index contributed by atoms with van der Waals surface area (Å²) in [4.78, 5) is 28.6. The molecule has 0 saturated carbocycles. The van der Waals surface area contributed by atoms with Crippen molar-refractivity contribution in [1.82, 2.24) is 10.2 Å². The van der Waals surface area contributed by atoms with Gasteiger partial charge < -0.3 is 15.0 Å². The third-order valence-electron chi connectivity index (χ3n) is 6.02. The predicted molar refractivity (Wildman–Crippen MR) is 166 cm³/mol. The maximum atomic E-state index is 14.0. The van der Waals surface area contributed by atoms with Crippen molar-refractivity contribution in [3.05, 3.63) is 87.9 Å². The molecule has 2 amide bonds. The quantitative estimate of drug-likeness (QED) is 0.270. The van der Waals surface area contributed by atoms with Crippen molar-refractivity contribution in [2.45, 2.75) is 57.6 Å². The molecule has 41 heavy (non-hydrogen) atoms. The van der Waals surface area contributed by atoms with Gasteiger partial charge in [0.15, 0.2) is 0 Å². The highest BCUT2D eigenvalue weighted by atomic mass is 79.9. The molecule has 220 valence electrons. The van der Waals surface area contributed by atoms with E-state index in [1.54, 1.807) is 67.6 Å². The normalized spacial score (nSPS) is 12.4. The minimum atomic E-state index is -4.18. The van der Waals surface area contributed by atoms with Crippen LogP contribution in [0.2, 0.25) is 5.02 Å². The van der Waals surface area contributed by atoms with Crippen molar-refractivity contribution < 1.29 is 22.7 Å². The summed E-state index contributed by atoms with van der Waals surface area (Å²) in [6.07, 6.45) is 0. The van der Waals surface area contributed by atoms with Crippen LogP contribution in [-0.2, 0) is 26.2 Å². The van der Waals surface area contributed by atoms with Crippen molar-refractivity contribution in [3.8, 4) is 5.75 Å². The van der Waals surface area contributed by atoms with E-state index in [0.29, 0.717) is 27.4 Å². The van der Waals surface area contributed by atoms with Crippen molar-refractivity contribution in [2.75, 3.05) is 17.5 Å². The van der Waals surface area contributed by atoms with Crippen molar-refractivity contribution in [3.63, 3.8) is 0 Å². The van der Waals surface area contributed by atoms with Gasteiger partial charge in [-0.25, -0.2) is 8.42 Å². The molecule has 8 nitrogen and oxygen atoms in total. The lowest BCUT2D eigenvalue weighted by molar-refractivity contribution is -0.140. The van der Waals surface area contributed by atoms with E-state index < -0.39 is 34.1 Å². The summed E-state index contributed by atoms with van der Waals surface area (Å²) in [6, 6.07) is 18.7. The van der Waals surface area contributed by atoms with Gasteiger partial charge in [0, 0.05) is 21.6 Å². The molecule has 0 fully saturated rings. The van der Waals surface area contributed by atoms with Crippen molar-refractivity contribution >= 4 is 55.1 Å². The number of rotatable bonds is 11. The van der Waals surface area contributed by atoms with Gasteiger partial charge in [-0.05, 0) is 101 Å². The summed E-state index contributed by atoms with van der Waals surface area (Å²) < 4.78 is 35.1. The fraction of sp³-hybridized carbons (Fsp3) is 0.333. The zero-order valence-corrected chi connectivity index (χ0v) is 26.9. The molecule has 3 aromatic rings. The number of anilines is 1. The van der Waals surface area contributed by atoms with Crippen molar-refractivity contribution in [1.29, 1.82) is 0 Å². The van der Waals surface area contributed by atoms with E-state index in [4.69, 9.17) is 16.3 Å². The Hall–Kier alpha value is -3.08. The van der Waals surface area contributed by atoms with Crippen LogP contribution in [0.1, 0.15) is 40.2 Å². The Morgan fingerprint density at radius 2 is 1.66 bits per heavy atom. The van der Waals surface area contributed by atoms with Gasteiger partial charge in [-0.3, -0.25) is 13.9 Å². The van der Waals surface area contributed by atoms with Crippen LogP contribution < -0.4 is 14.4 Å². The van der Waals surface area contributed by atoms with Gasteiger partial charge in [-0.1, -0.05) is 39.7 Å². The maximum Gasteiger partial charge on any atom is 0.264 e. The van der Waals surface area contributed by atoms with E-state index in [1.165, 1.54) is 17.0 Å². The summed E-state index contributed by atoms with van der Waals surface area (Å²) in [5.41, 5.74) is 0.443. The molecular formula is C30H35BrClN3O5S. The number of benzene rings is 3. The van der Waals surface area contributed by atoms with E-state index in [0.717, 1.165) is 4.31 Å². The molecule has 3 rings (SSSR count). The molecule has 0 bridgehead atoms. The second-order valence-electron chi connectivity index (χ2n) is 10.5. The molecule has 0 unspecified atom stereocenters. The molecule has 0 spiro atoms. The van der Waals surface area contributed by atoms with Gasteiger partial charge in [0.1, 0.15) is 18.3 Å². The second-order valence-corrected chi connectivity index (χ2v) is 13.7. The zero-order valence-electron chi connectivity index (χ0n) is 23.7. The third kappa shape index (κ3) is 8.95. The number of carbonyl (C=O) groups excluding carboxylic acids is 2. The molecule has 0 aromatic heterocycles. The topological polar surface area (TPSA) is 96.0 Å². The first-order chi connectivity index (χ1) is 19.2. The van der Waals surface area contributed by atoms with Crippen LogP contribution in [0.5, 0.6) is 5.75 Å². The van der Waals surface area contributed by atoms with E-state index in [2.05, 4.69) is 21.2 Å². The Morgan fingerprint density at radius 3 is 2.22 bits per heavy atom. The monoisotopic (exact) mass is 663 g/mol. The molecule has 0 heterocycles. The maximum absolute atomic E-state index is 14.0. The molecule has 0 aliphatic rings. The van der Waals surface area contributed by atoms with Crippen LogP contribution in [0.3, 0.4) is 0 Å². The first kappa shape index (κ1) is 32.4. The number of halogens is 2. The molecule has 0 saturated heterocycles. The number of nitrogens with zero attached hydrogens (tertiary/aromatic N) is 2. The fourth-order valence-corrected chi connectivity index (χ4v) is 5.92. The zero-order chi connectivity index (χ0) is 30.4. The van der Waals surface area contributed by atoms with Crippen LogP contribution in [0, 0.1) is 0 Å². The lowest BCUT2D eigenvalue weighted by Gasteiger charge is -2.33. The number of carbonyl (C=O) groups is 2. The number of nitrogens with one attached hydrogen (secondary N) is 1. The summed E-state index contributed by atoms with van der Waals surface area (Å²) in [6.45, 7) is 8.97. The Morgan fingerprint density at radius 1 is 1.02 bits per heavy atom. The lowest BCUT2D eigenvalue weighted by Crippen LogP contribution is -2.54. The Kier molecular flexibility index (Phi) is 10.9. The SMILES string of the molecule is CCOc1ccc(N(CC(=O)N(Cc2cccc(Cl)c2)[C@H](C)C(=O)NC(C)(C)C)S(=O)(=O)c2ccc(Br)cc2)cc1. The van der Waals surface area contributed by atoms with Gasteiger partial charge in [0.2, 0.25) is 11.8 Å². The lowest BCUT2D eigenvalue weighted by atomic mass is 10.1. The van der Waals surface area contributed by atoms with Crippen LogP contribution in [-0.4, -0.2) is 49.9 Å². The van der Waals surface area contributed by atoms with E-state index >= 15 is 0 Å². The molecule has 11 heteroatoms. The van der Waals surface area contributed by atoms with Crippen LogP contribution >= 0.6 is 27.5 Å². The Balaban J connectivity index is 2.04. The number of hydrogen-bond acceptors (Lipinski definition) is 5. The van der Waals surface area contributed by atoms with Gasteiger partial charge in [-0.2, -0.15) is 0 Å². The summed E-state index contributed by atoms with van der Waals surface area (Å²) >= 11 is 9.52.